The Labute approximate surface area is 169 Å². The Hall–Kier alpha value is -2.52. The lowest BCUT2D eigenvalue weighted by Crippen LogP contribution is -2.15. The van der Waals surface area contributed by atoms with E-state index in [1.807, 2.05) is 0 Å². The summed E-state index contributed by atoms with van der Waals surface area (Å²) in [5.41, 5.74) is 1.40. The zero-order valence-corrected chi connectivity index (χ0v) is 16.8. The van der Waals surface area contributed by atoms with E-state index in [0.717, 1.165) is 34.5 Å². The SMILES string of the molecule is C[C@H]1CCc2c(sc3ncnc(SCC(=O)Nc4ccccc4[N+](=O)[O-])c23)C1. The van der Waals surface area contributed by atoms with Crippen molar-refractivity contribution in [3.05, 3.63) is 51.1 Å². The second-order valence-electron chi connectivity index (χ2n) is 6.82. The molecule has 144 valence electrons. The van der Waals surface area contributed by atoms with Crippen LogP contribution in [-0.4, -0.2) is 26.6 Å². The van der Waals surface area contributed by atoms with Gasteiger partial charge in [0, 0.05) is 16.3 Å². The van der Waals surface area contributed by atoms with Crippen molar-refractivity contribution < 1.29 is 9.72 Å². The van der Waals surface area contributed by atoms with Gasteiger partial charge in [-0.1, -0.05) is 30.8 Å². The van der Waals surface area contributed by atoms with Gasteiger partial charge in [0.25, 0.3) is 5.69 Å². The van der Waals surface area contributed by atoms with Crippen molar-refractivity contribution in [3.63, 3.8) is 0 Å². The smallest absolute Gasteiger partial charge is 0.292 e. The molecule has 2 heterocycles. The van der Waals surface area contributed by atoms with Gasteiger partial charge in [0.2, 0.25) is 5.91 Å². The Morgan fingerprint density at radius 3 is 3.04 bits per heavy atom. The lowest BCUT2D eigenvalue weighted by Gasteiger charge is -2.18. The highest BCUT2D eigenvalue weighted by Gasteiger charge is 2.23. The van der Waals surface area contributed by atoms with Crippen molar-refractivity contribution >= 4 is 50.6 Å². The van der Waals surface area contributed by atoms with Crippen molar-refractivity contribution in [2.45, 2.75) is 31.2 Å². The Morgan fingerprint density at radius 2 is 2.21 bits per heavy atom. The summed E-state index contributed by atoms with van der Waals surface area (Å²) < 4.78 is 0. The maximum absolute atomic E-state index is 12.4. The molecule has 1 atom stereocenters. The summed E-state index contributed by atoms with van der Waals surface area (Å²) in [5, 5.41) is 15.6. The van der Waals surface area contributed by atoms with Crippen LogP contribution in [0, 0.1) is 16.0 Å². The van der Waals surface area contributed by atoms with Crippen molar-refractivity contribution in [2.24, 2.45) is 5.92 Å². The minimum atomic E-state index is -0.505. The highest BCUT2D eigenvalue weighted by molar-refractivity contribution is 8.00. The molecule has 28 heavy (non-hydrogen) atoms. The fourth-order valence-electron chi connectivity index (χ4n) is 3.41. The minimum absolute atomic E-state index is 0.119. The van der Waals surface area contributed by atoms with E-state index in [4.69, 9.17) is 0 Å². The Morgan fingerprint density at radius 1 is 1.39 bits per heavy atom. The van der Waals surface area contributed by atoms with Crippen LogP contribution in [0.25, 0.3) is 10.2 Å². The third kappa shape index (κ3) is 3.72. The van der Waals surface area contributed by atoms with E-state index in [1.165, 1.54) is 40.7 Å². The van der Waals surface area contributed by atoms with Gasteiger partial charge in [-0.2, -0.15) is 0 Å². The molecule has 0 saturated heterocycles. The highest BCUT2D eigenvalue weighted by atomic mass is 32.2. The van der Waals surface area contributed by atoms with Gasteiger partial charge in [-0.15, -0.1) is 11.3 Å². The van der Waals surface area contributed by atoms with Crippen LogP contribution >= 0.6 is 23.1 Å². The van der Waals surface area contributed by atoms with Crippen LogP contribution in [0.2, 0.25) is 0 Å². The average Bonchev–Trinajstić information content (AvgIpc) is 3.04. The van der Waals surface area contributed by atoms with E-state index in [1.54, 1.807) is 23.5 Å². The molecule has 0 bridgehead atoms. The standard InChI is InChI=1S/C19H18N4O3S2/c1-11-6-7-12-15(8-11)28-19-17(12)18(20-10-21-19)27-9-16(24)22-13-4-2-3-5-14(13)23(25)26/h2-5,10-11H,6-9H2,1H3,(H,22,24)/t11-/m0/s1. The van der Waals surface area contributed by atoms with Gasteiger partial charge in [-0.3, -0.25) is 14.9 Å². The fourth-order valence-corrected chi connectivity index (χ4v) is 5.66. The summed E-state index contributed by atoms with van der Waals surface area (Å²) in [6, 6.07) is 6.12. The van der Waals surface area contributed by atoms with E-state index in [0.29, 0.717) is 5.92 Å². The quantitative estimate of drug-likeness (QED) is 0.287. The number of hydrogen-bond donors (Lipinski definition) is 1. The second kappa shape index (κ2) is 7.84. The van der Waals surface area contributed by atoms with Gasteiger partial charge in [0.05, 0.1) is 10.7 Å². The van der Waals surface area contributed by atoms with E-state index in [9.17, 15) is 14.9 Å². The molecule has 1 aromatic carbocycles. The number of benzene rings is 1. The maximum Gasteiger partial charge on any atom is 0.292 e. The normalized spacial score (nSPS) is 16.0. The van der Waals surface area contributed by atoms with Crippen molar-refractivity contribution in [2.75, 3.05) is 11.1 Å². The van der Waals surface area contributed by atoms with E-state index in [2.05, 4.69) is 22.2 Å². The molecule has 7 nitrogen and oxygen atoms in total. The lowest BCUT2D eigenvalue weighted by atomic mass is 9.89. The third-order valence-corrected chi connectivity index (χ3v) is 6.92. The zero-order valence-electron chi connectivity index (χ0n) is 15.2. The summed E-state index contributed by atoms with van der Waals surface area (Å²) in [6.45, 7) is 2.27. The monoisotopic (exact) mass is 414 g/mol. The molecule has 0 radical (unpaired) electrons. The number of para-hydroxylation sites is 2. The molecule has 1 N–H and O–H groups in total. The summed E-state index contributed by atoms with van der Waals surface area (Å²) in [6.07, 6.45) is 4.77. The summed E-state index contributed by atoms with van der Waals surface area (Å²) in [7, 11) is 0. The van der Waals surface area contributed by atoms with Crippen LogP contribution < -0.4 is 5.32 Å². The molecule has 0 fully saturated rings. The molecule has 1 aliphatic carbocycles. The van der Waals surface area contributed by atoms with Crippen LogP contribution in [0.3, 0.4) is 0 Å². The van der Waals surface area contributed by atoms with E-state index in [-0.39, 0.29) is 23.0 Å². The first-order valence-electron chi connectivity index (χ1n) is 8.94. The number of anilines is 1. The first-order valence-corrected chi connectivity index (χ1v) is 10.7. The third-order valence-electron chi connectivity index (χ3n) is 4.77. The number of fused-ring (bicyclic) bond motifs is 3. The van der Waals surface area contributed by atoms with Crippen LogP contribution in [0.1, 0.15) is 23.8 Å². The average molecular weight is 415 g/mol. The zero-order chi connectivity index (χ0) is 19.7. The van der Waals surface area contributed by atoms with Gasteiger partial charge < -0.3 is 5.32 Å². The number of nitro groups is 1. The lowest BCUT2D eigenvalue weighted by molar-refractivity contribution is -0.383. The molecule has 0 unspecified atom stereocenters. The fraction of sp³-hybridized carbons (Fsp3) is 0.316. The van der Waals surface area contributed by atoms with Gasteiger partial charge in [0.15, 0.2) is 0 Å². The van der Waals surface area contributed by atoms with Gasteiger partial charge in [0.1, 0.15) is 21.9 Å². The number of nitro benzene ring substituents is 1. The Balaban J connectivity index is 1.52. The number of nitrogens with zero attached hydrogens (tertiary/aromatic N) is 3. The predicted molar refractivity (Wildman–Crippen MR) is 111 cm³/mol. The van der Waals surface area contributed by atoms with Gasteiger partial charge >= 0.3 is 0 Å². The predicted octanol–water partition coefficient (Wildman–Crippen LogP) is 4.46. The van der Waals surface area contributed by atoms with E-state index >= 15 is 0 Å². The van der Waals surface area contributed by atoms with Gasteiger partial charge in [-0.05, 0) is 36.8 Å². The number of amides is 1. The number of aromatic nitrogens is 2. The largest absolute Gasteiger partial charge is 0.320 e. The van der Waals surface area contributed by atoms with Crippen molar-refractivity contribution in [1.29, 1.82) is 0 Å². The topological polar surface area (TPSA) is 98.0 Å². The van der Waals surface area contributed by atoms with E-state index < -0.39 is 4.92 Å². The Bertz CT molecular complexity index is 1070. The molecule has 2 aromatic heterocycles. The molecular weight excluding hydrogens is 396 g/mol. The number of carbonyl (C=O) groups excluding carboxylic acids is 1. The second-order valence-corrected chi connectivity index (χ2v) is 8.87. The molecule has 3 aromatic rings. The summed E-state index contributed by atoms with van der Waals surface area (Å²) in [4.78, 5) is 34.1. The number of rotatable bonds is 5. The number of carbonyl (C=O) groups is 1. The Kier molecular flexibility index (Phi) is 5.27. The maximum atomic E-state index is 12.4. The first-order chi connectivity index (χ1) is 13.5. The van der Waals surface area contributed by atoms with Crippen LogP contribution in [-0.2, 0) is 17.6 Å². The number of thiophene rings is 1. The summed E-state index contributed by atoms with van der Waals surface area (Å²) in [5.74, 6) is 0.500. The van der Waals surface area contributed by atoms with Crippen LogP contribution in [0.5, 0.6) is 0 Å². The molecule has 9 heteroatoms. The number of nitrogens with one attached hydrogen (secondary N) is 1. The van der Waals surface area contributed by atoms with Crippen molar-refractivity contribution in [1.82, 2.24) is 9.97 Å². The molecular formula is C19H18N4O3S2. The number of hydrogen-bond acceptors (Lipinski definition) is 7. The molecule has 4 rings (SSSR count). The molecule has 0 saturated carbocycles. The first kappa shape index (κ1) is 18.8. The minimum Gasteiger partial charge on any atom is -0.320 e. The molecule has 1 aliphatic rings. The molecule has 1 amide bonds. The molecule has 0 spiro atoms. The summed E-state index contributed by atoms with van der Waals surface area (Å²) >= 11 is 3.06. The number of thioether (sulfide) groups is 1. The highest BCUT2D eigenvalue weighted by Crippen LogP contribution is 2.40. The van der Waals surface area contributed by atoms with Crippen molar-refractivity contribution in [3.8, 4) is 0 Å². The van der Waals surface area contributed by atoms with Gasteiger partial charge in [-0.25, -0.2) is 9.97 Å². The molecule has 0 aliphatic heterocycles. The number of aryl methyl sites for hydroxylation is 1. The van der Waals surface area contributed by atoms with Crippen LogP contribution in [0.4, 0.5) is 11.4 Å². The van der Waals surface area contributed by atoms with Crippen LogP contribution in [0.15, 0.2) is 35.6 Å².